The van der Waals surface area contributed by atoms with Crippen LogP contribution in [0.25, 0.3) is 0 Å². The van der Waals surface area contributed by atoms with Gasteiger partial charge in [-0.2, -0.15) is 0 Å². The fourth-order valence-electron chi connectivity index (χ4n) is 3.17. The molecule has 1 N–H and O–H groups in total. The van der Waals surface area contributed by atoms with E-state index in [-0.39, 0.29) is 28.9 Å². The Labute approximate surface area is 175 Å². The molecule has 0 saturated carbocycles. The number of hydrogen-bond donors (Lipinski definition) is 1. The van der Waals surface area contributed by atoms with Crippen LogP contribution in [0.3, 0.4) is 0 Å². The summed E-state index contributed by atoms with van der Waals surface area (Å²) in [6.45, 7) is 4.41. The van der Waals surface area contributed by atoms with E-state index in [1.807, 2.05) is 13.8 Å². The number of benzene rings is 2. The minimum absolute atomic E-state index is 0.0419. The predicted molar refractivity (Wildman–Crippen MR) is 110 cm³/mol. The zero-order valence-corrected chi connectivity index (χ0v) is 17.1. The Kier molecular flexibility index (Phi) is 7.06. The molecule has 158 valence electrons. The van der Waals surface area contributed by atoms with Crippen LogP contribution in [0.5, 0.6) is 11.5 Å². The molecule has 1 amide bonds. The molecule has 1 heterocycles. The molecule has 0 fully saturated rings. The Morgan fingerprint density at radius 3 is 2.33 bits per heavy atom. The lowest BCUT2D eigenvalue weighted by molar-refractivity contribution is -0.125. The van der Waals surface area contributed by atoms with E-state index in [9.17, 15) is 14.4 Å². The number of carbonyl (C=O) groups excluding carboxylic acids is 3. The molecule has 30 heavy (non-hydrogen) atoms. The molecule has 0 spiro atoms. The Balaban J connectivity index is 1.73. The Morgan fingerprint density at radius 2 is 1.63 bits per heavy atom. The molecule has 0 radical (unpaired) electrons. The van der Waals surface area contributed by atoms with Crippen LogP contribution in [-0.4, -0.2) is 43.5 Å². The van der Waals surface area contributed by atoms with Crippen LogP contribution in [0, 0.1) is 0 Å². The molecule has 0 aliphatic carbocycles. The first kappa shape index (κ1) is 21.4. The number of rotatable bonds is 8. The van der Waals surface area contributed by atoms with E-state index in [1.54, 1.807) is 36.4 Å². The van der Waals surface area contributed by atoms with Gasteiger partial charge in [-0.1, -0.05) is 32.0 Å². The van der Waals surface area contributed by atoms with E-state index in [4.69, 9.17) is 14.2 Å². The first-order valence-corrected chi connectivity index (χ1v) is 10.0. The summed E-state index contributed by atoms with van der Waals surface area (Å²) in [5.74, 6) is -0.371. The van der Waals surface area contributed by atoms with Gasteiger partial charge in [-0.3, -0.25) is 9.59 Å². The Morgan fingerprint density at radius 1 is 0.967 bits per heavy atom. The van der Waals surface area contributed by atoms with Crippen molar-refractivity contribution >= 4 is 17.7 Å². The maximum absolute atomic E-state index is 13.0. The zero-order valence-electron chi connectivity index (χ0n) is 17.1. The molecule has 2 aromatic carbocycles. The lowest BCUT2D eigenvalue weighted by atomic mass is 9.98. The van der Waals surface area contributed by atoms with Crippen molar-refractivity contribution in [3.63, 3.8) is 0 Å². The zero-order chi connectivity index (χ0) is 21.5. The molecule has 1 aliphatic rings. The fraction of sp³-hybridized carbons (Fsp3) is 0.348. The number of esters is 1. The molecule has 7 nitrogen and oxygen atoms in total. The Bertz CT molecular complexity index is 935. The maximum atomic E-state index is 13.0. The van der Waals surface area contributed by atoms with Crippen molar-refractivity contribution < 1.29 is 28.6 Å². The summed E-state index contributed by atoms with van der Waals surface area (Å²) < 4.78 is 16.2. The molecule has 0 bridgehead atoms. The molecule has 0 unspecified atom stereocenters. The van der Waals surface area contributed by atoms with Crippen molar-refractivity contribution in [3.05, 3.63) is 59.2 Å². The van der Waals surface area contributed by atoms with Crippen molar-refractivity contribution in [2.45, 2.75) is 32.7 Å². The van der Waals surface area contributed by atoms with Gasteiger partial charge in [0.15, 0.2) is 23.9 Å². The van der Waals surface area contributed by atoms with Gasteiger partial charge in [0.2, 0.25) is 0 Å². The van der Waals surface area contributed by atoms with Crippen LogP contribution < -0.4 is 14.8 Å². The normalized spacial score (nSPS) is 12.4. The second-order valence-electron chi connectivity index (χ2n) is 6.89. The number of amides is 1. The molecule has 7 heteroatoms. The molecular formula is C23H25NO6. The summed E-state index contributed by atoms with van der Waals surface area (Å²) in [7, 11) is 0. The quantitative estimate of drug-likeness (QED) is 0.530. The highest BCUT2D eigenvalue weighted by Crippen LogP contribution is 2.31. The van der Waals surface area contributed by atoms with Crippen LogP contribution in [0.4, 0.5) is 0 Å². The number of nitrogens with one attached hydrogen (secondary N) is 1. The average molecular weight is 411 g/mol. The second-order valence-corrected chi connectivity index (χ2v) is 6.89. The van der Waals surface area contributed by atoms with Crippen molar-refractivity contribution in [1.82, 2.24) is 5.32 Å². The highest BCUT2D eigenvalue weighted by atomic mass is 16.6. The molecule has 1 aliphatic heterocycles. The van der Waals surface area contributed by atoms with E-state index in [1.165, 1.54) is 6.07 Å². The lowest BCUT2D eigenvalue weighted by Crippen LogP contribution is -2.37. The van der Waals surface area contributed by atoms with E-state index < -0.39 is 12.6 Å². The summed E-state index contributed by atoms with van der Waals surface area (Å²) in [5.41, 5.74) is 0.665. The van der Waals surface area contributed by atoms with Gasteiger partial charge in [0.05, 0.1) is 5.56 Å². The summed E-state index contributed by atoms with van der Waals surface area (Å²) in [6, 6.07) is 11.3. The number of carbonyl (C=O) groups is 3. The van der Waals surface area contributed by atoms with Gasteiger partial charge in [0.25, 0.3) is 5.91 Å². The van der Waals surface area contributed by atoms with Gasteiger partial charge < -0.3 is 19.5 Å². The van der Waals surface area contributed by atoms with Crippen LogP contribution in [0.15, 0.2) is 42.5 Å². The standard InChI is InChI=1S/C23H25NO6/c1-3-16(4-2)24-21(25)14-30-23(27)18-8-6-5-7-17(18)22(26)15-9-10-19-20(13-15)29-12-11-28-19/h5-10,13,16H,3-4,11-12,14H2,1-2H3,(H,24,25). The third-order valence-electron chi connectivity index (χ3n) is 4.88. The van der Waals surface area contributed by atoms with Gasteiger partial charge in [-0.25, -0.2) is 4.79 Å². The summed E-state index contributed by atoms with van der Waals surface area (Å²) in [4.78, 5) is 37.6. The van der Waals surface area contributed by atoms with Gasteiger partial charge in [-0.15, -0.1) is 0 Å². The average Bonchev–Trinajstić information content (AvgIpc) is 2.80. The molecular weight excluding hydrogens is 386 g/mol. The van der Waals surface area contributed by atoms with Crippen molar-refractivity contribution in [2.75, 3.05) is 19.8 Å². The van der Waals surface area contributed by atoms with E-state index in [0.29, 0.717) is 30.3 Å². The highest BCUT2D eigenvalue weighted by molar-refractivity contribution is 6.14. The first-order chi connectivity index (χ1) is 14.5. The summed E-state index contributed by atoms with van der Waals surface area (Å²) in [6.07, 6.45) is 1.59. The molecule has 0 saturated heterocycles. The van der Waals surface area contributed by atoms with Gasteiger partial charge in [-0.05, 0) is 37.1 Å². The van der Waals surface area contributed by atoms with Crippen LogP contribution in [0.2, 0.25) is 0 Å². The van der Waals surface area contributed by atoms with Crippen LogP contribution in [-0.2, 0) is 9.53 Å². The largest absolute Gasteiger partial charge is 0.486 e. The number of hydrogen-bond acceptors (Lipinski definition) is 6. The first-order valence-electron chi connectivity index (χ1n) is 10.0. The third kappa shape index (κ3) is 4.97. The fourth-order valence-corrected chi connectivity index (χ4v) is 3.17. The van der Waals surface area contributed by atoms with Gasteiger partial charge in [0.1, 0.15) is 13.2 Å². The Hall–Kier alpha value is -3.35. The minimum atomic E-state index is -0.726. The predicted octanol–water partition coefficient (Wildman–Crippen LogP) is 3.15. The SMILES string of the molecule is CCC(CC)NC(=O)COC(=O)c1ccccc1C(=O)c1ccc2c(c1)OCCO2. The van der Waals surface area contributed by atoms with Gasteiger partial charge in [0, 0.05) is 17.2 Å². The number of fused-ring (bicyclic) bond motifs is 1. The highest BCUT2D eigenvalue weighted by Gasteiger charge is 2.22. The third-order valence-corrected chi connectivity index (χ3v) is 4.88. The van der Waals surface area contributed by atoms with E-state index in [2.05, 4.69) is 5.32 Å². The summed E-state index contributed by atoms with van der Waals surface area (Å²) in [5, 5.41) is 2.81. The second kappa shape index (κ2) is 9.91. The van der Waals surface area contributed by atoms with Crippen LogP contribution >= 0.6 is 0 Å². The van der Waals surface area contributed by atoms with E-state index >= 15 is 0 Å². The molecule has 2 aromatic rings. The van der Waals surface area contributed by atoms with Crippen molar-refractivity contribution in [3.8, 4) is 11.5 Å². The summed E-state index contributed by atoms with van der Waals surface area (Å²) >= 11 is 0. The smallest absolute Gasteiger partial charge is 0.339 e. The topological polar surface area (TPSA) is 90.9 Å². The molecule has 0 atom stereocenters. The number of ether oxygens (including phenoxy) is 3. The maximum Gasteiger partial charge on any atom is 0.339 e. The van der Waals surface area contributed by atoms with Crippen molar-refractivity contribution in [2.24, 2.45) is 0 Å². The monoisotopic (exact) mass is 411 g/mol. The minimum Gasteiger partial charge on any atom is -0.486 e. The van der Waals surface area contributed by atoms with Gasteiger partial charge >= 0.3 is 5.97 Å². The molecule has 3 rings (SSSR count). The molecule has 0 aromatic heterocycles. The van der Waals surface area contributed by atoms with Crippen LogP contribution in [0.1, 0.15) is 53.0 Å². The van der Waals surface area contributed by atoms with E-state index in [0.717, 1.165) is 12.8 Å². The number of ketones is 1. The van der Waals surface area contributed by atoms with Crippen molar-refractivity contribution in [1.29, 1.82) is 0 Å². The lowest BCUT2D eigenvalue weighted by Gasteiger charge is -2.18.